The van der Waals surface area contributed by atoms with E-state index in [9.17, 15) is 14.5 Å². The maximum atomic E-state index is 12.8. The number of nitrogens with two attached hydrogens (primary N) is 1. The van der Waals surface area contributed by atoms with E-state index >= 15 is 0 Å². The van der Waals surface area contributed by atoms with Crippen molar-refractivity contribution in [3.05, 3.63) is 52.5 Å². The number of nitrogen functional groups attached to an aromatic ring is 1. The number of anilines is 1. The fourth-order valence-corrected chi connectivity index (χ4v) is 1.50. The lowest BCUT2D eigenvalue weighted by atomic mass is 10.1. The molecule has 1 aromatic carbocycles. The van der Waals surface area contributed by atoms with Crippen LogP contribution in [0, 0.1) is 15.9 Å². The average molecular weight is 248 g/mol. The molecule has 92 valence electrons. The fourth-order valence-electron chi connectivity index (χ4n) is 1.50. The monoisotopic (exact) mass is 248 g/mol. The largest absolute Gasteiger partial charge is 0.313 e. The van der Waals surface area contributed by atoms with E-state index < -0.39 is 4.92 Å². The molecule has 0 fully saturated rings. The number of hydrazine groups is 1. The zero-order chi connectivity index (χ0) is 13.1. The topological polar surface area (TPSA) is 94.1 Å². The van der Waals surface area contributed by atoms with E-state index in [-0.39, 0.29) is 17.3 Å². The molecule has 2 rings (SSSR count). The number of nitrogens with one attached hydrogen (secondary N) is 1. The van der Waals surface area contributed by atoms with Gasteiger partial charge >= 0.3 is 5.69 Å². The van der Waals surface area contributed by atoms with E-state index in [0.717, 1.165) is 0 Å². The van der Waals surface area contributed by atoms with Crippen LogP contribution < -0.4 is 11.3 Å². The van der Waals surface area contributed by atoms with Crippen molar-refractivity contribution in [3.63, 3.8) is 0 Å². The zero-order valence-corrected chi connectivity index (χ0v) is 9.13. The summed E-state index contributed by atoms with van der Waals surface area (Å²) in [6, 6.07) is 6.92. The van der Waals surface area contributed by atoms with E-state index in [2.05, 4.69) is 10.4 Å². The van der Waals surface area contributed by atoms with Crippen LogP contribution in [0.5, 0.6) is 0 Å². The number of halogens is 1. The number of rotatable bonds is 3. The third-order valence-corrected chi connectivity index (χ3v) is 2.38. The molecule has 0 aliphatic carbocycles. The summed E-state index contributed by atoms with van der Waals surface area (Å²) in [6.07, 6.45) is 1.43. The molecule has 3 N–H and O–H groups in total. The second-order valence-electron chi connectivity index (χ2n) is 3.50. The van der Waals surface area contributed by atoms with Gasteiger partial charge < -0.3 is 5.43 Å². The summed E-state index contributed by atoms with van der Waals surface area (Å²) in [7, 11) is 0. The summed E-state index contributed by atoms with van der Waals surface area (Å²) >= 11 is 0. The first-order valence-electron chi connectivity index (χ1n) is 4.99. The van der Waals surface area contributed by atoms with E-state index in [4.69, 9.17) is 5.84 Å². The molecular formula is C11H9FN4O2. The highest BCUT2D eigenvalue weighted by Crippen LogP contribution is 2.27. The molecule has 0 saturated carbocycles. The van der Waals surface area contributed by atoms with Crippen molar-refractivity contribution in [2.45, 2.75) is 0 Å². The summed E-state index contributed by atoms with van der Waals surface area (Å²) in [4.78, 5) is 14.1. The molecule has 0 unspecified atom stereocenters. The Labute approximate surface area is 101 Å². The van der Waals surface area contributed by atoms with Crippen LogP contribution in [0.2, 0.25) is 0 Å². The third kappa shape index (κ3) is 2.25. The van der Waals surface area contributed by atoms with Crippen LogP contribution in [0.1, 0.15) is 0 Å². The van der Waals surface area contributed by atoms with Crippen LogP contribution in [-0.2, 0) is 0 Å². The highest BCUT2D eigenvalue weighted by atomic mass is 19.1. The van der Waals surface area contributed by atoms with Gasteiger partial charge in [-0.25, -0.2) is 15.2 Å². The van der Waals surface area contributed by atoms with Crippen molar-refractivity contribution in [3.8, 4) is 11.1 Å². The van der Waals surface area contributed by atoms with Crippen molar-refractivity contribution in [1.29, 1.82) is 0 Å². The lowest BCUT2D eigenvalue weighted by Gasteiger charge is -2.04. The highest BCUT2D eigenvalue weighted by molar-refractivity contribution is 5.69. The van der Waals surface area contributed by atoms with Crippen molar-refractivity contribution in [2.24, 2.45) is 5.84 Å². The summed E-state index contributed by atoms with van der Waals surface area (Å²) in [5.74, 6) is 4.73. The summed E-state index contributed by atoms with van der Waals surface area (Å²) in [5, 5.41) is 10.8. The highest BCUT2D eigenvalue weighted by Gasteiger charge is 2.15. The van der Waals surface area contributed by atoms with Gasteiger partial charge in [-0.15, -0.1) is 0 Å². The quantitative estimate of drug-likeness (QED) is 0.492. The van der Waals surface area contributed by atoms with Gasteiger partial charge in [0.1, 0.15) is 5.82 Å². The zero-order valence-electron chi connectivity index (χ0n) is 9.13. The Morgan fingerprint density at radius 2 is 1.94 bits per heavy atom. The van der Waals surface area contributed by atoms with Gasteiger partial charge in [0, 0.05) is 17.8 Å². The van der Waals surface area contributed by atoms with Gasteiger partial charge in [0.2, 0.25) is 5.82 Å². The minimum atomic E-state index is -0.588. The first kappa shape index (κ1) is 11.9. The van der Waals surface area contributed by atoms with Crippen LogP contribution in [0.4, 0.5) is 15.9 Å². The van der Waals surface area contributed by atoms with Crippen LogP contribution >= 0.6 is 0 Å². The van der Waals surface area contributed by atoms with E-state index in [1.54, 1.807) is 0 Å². The lowest BCUT2D eigenvalue weighted by Crippen LogP contribution is -2.10. The number of aromatic nitrogens is 1. The normalized spacial score (nSPS) is 10.1. The molecule has 0 amide bonds. The predicted octanol–water partition coefficient (Wildman–Crippen LogP) is 2.08. The van der Waals surface area contributed by atoms with E-state index in [1.807, 2.05) is 0 Å². The maximum absolute atomic E-state index is 12.8. The molecule has 0 spiro atoms. The smallest absolute Gasteiger partial charge is 0.303 e. The SMILES string of the molecule is NNc1ncc(-c2ccc(F)cc2)cc1[N+](=O)[O-]. The minimum Gasteiger partial charge on any atom is -0.303 e. The van der Waals surface area contributed by atoms with Gasteiger partial charge in [-0.2, -0.15) is 0 Å². The Morgan fingerprint density at radius 3 is 2.50 bits per heavy atom. The number of benzene rings is 1. The van der Waals surface area contributed by atoms with E-state index in [0.29, 0.717) is 11.1 Å². The Morgan fingerprint density at radius 1 is 1.28 bits per heavy atom. The summed E-state index contributed by atoms with van der Waals surface area (Å²) in [6.45, 7) is 0. The summed E-state index contributed by atoms with van der Waals surface area (Å²) in [5.41, 5.74) is 3.06. The second kappa shape index (κ2) is 4.76. The fraction of sp³-hybridized carbons (Fsp3) is 0. The molecule has 0 saturated heterocycles. The Balaban J connectivity index is 2.49. The van der Waals surface area contributed by atoms with Gasteiger partial charge in [0.05, 0.1) is 4.92 Å². The molecule has 0 aliphatic rings. The van der Waals surface area contributed by atoms with Crippen LogP contribution in [0.15, 0.2) is 36.5 Å². The second-order valence-corrected chi connectivity index (χ2v) is 3.50. The van der Waals surface area contributed by atoms with Gasteiger partial charge in [-0.05, 0) is 17.7 Å². The average Bonchev–Trinajstić information content (AvgIpc) is 2.39. The molecule has 0 bridgehead atoms. The molecule has 0 radical (unpaired) electrons. The molecule has 6 nitrogen and oxygen atoms in total. The van der Waals surface area contributed by atoms with Crippen molar-refractivity contribution >= 4 is 11.5 Å². The summed E-state index contributed by atoms with van der Waals surface area (Å²) < 4.78 is 12.8. The first-order valence-corrected chi connectivity index (χ1v) is 4.99. The number of nitrogens with zero attached hydrogens (tertiary/aromatic N) is 2. The predicted molar refractivity (Wildman–Crippen MR) is 64.1 cm³/mol. The minimum absolute atomic E-state index is 0.0224. The number of nitro groups is 1. The number of pyridine rings is 1. The molecule has 1 aromatic heterocycles. The third-order valence-electron chi connectivity index (χ3n) is 2.38. The number of hydrogen-bond donors (Lipinski definition) is 2. The Hall–Kier alpha value is -2.54. The maximum Gasteiger partial charge on any atom is 0.313 e. The van der Waals surface area contributed by atoms with Crippen molar-refractivity contribution in [2.75, 3.05) is 5.43 Å². The molecule has 7 heteroatoms. The molecule has 1 heterocycles. The molecule has 18 heavy (non-hydrogen) atoms. The van der Waals surface area contributed by atoms with Gasteiger partial charge in [0.15, 0.2) is 0 Å². The van der Waals surface area contributed by atoms with Crippen LogP contribution in [-0.4, -0.2) is 9.91 Å². The van der Waals surface area contributed by atoms with Crippen molar-refractivity contribution < 1.29 is 9.31 Å². The molecule has 0 atom stereocenters. The number of hydrogen-bond acceptors (Lipinski definition) is 5. The molecular weight excluding hydrogens is 239 g/mol. The van der Waals surface area contributed by atoms with Gasteiger partial charge in [-0.3, -0.25) is 10.1 Å². The first-order chi connectivity index (χ1) is 8.61. The molecule has 2 aromatic rings. The van der Waals surface area contributed by atoms with Crippen molar-refractivity contribution in [1.82, 2.24) is 4.98 Å². The Bertz CT molecular complexity index is 586. The van der Waals surface area contributed by atoms with Gasteiger partial charge in [0.25, 0.3) is 0 Å². The van der Waals surface area contributed by atoms with Gasteiger partial charge in [-0.1, -0.05) is 12.1 Å². The molecule has 0 aliphatic heterocycles. The van der Waals surface area contributed by atoms with E-state index in [1.165, 1.54) is 36.5 Å². The van der Waals surface area contributed by atoms with Crippen LogP contribution in [0.3, 0.4) is 0 Å². The lowest BCUT2D eigenvalue weighted by molar-refractivity contribution is -0.384. The Kier molecular flexibility index (Phi) is 3.16. The van der Waals surface area contributed by atoms with Crippen LogP contribution in [0.25, 0.3) is 11.1 Å². The standard InChI is InChI=1S/C11H9FN4O2/c12-9-3-1-7(2-4-9)8-5-10(16(17)18)11(15-13)14-6-8/h1-6H,13H2,(H,14,15).